The van der Waals surface area contributed by atoms with Crippen LogP contribution in [0.2, 0.25) is 0 Å². The normalized spacial score (nSPS) is 16.7. The van der Waals surface area contributed by atoms with Gasteiger partial charge in [-0.3, -0.25) is 0 Å². The molecule has 0 saturated heterocycles. The molecule has 11 aromatic carbocycles. The van der Waals surface area contributed by atoms with Gasteiger partial charge in [0.05, 0.1) is 16.5 Å². The monoisotopic (exact) mass is 1140 g/mol. The van der Waals surface area contributed by atoms with E-state index in [-0.39, 0.29) is 10.8 Å². The second kappa shape index (κ2) is 19.9. The summed E-state index contributed by atoms with van der Waals surface area (Å²) in [6.45, 7) is 14.2. The summed E-state index contributed by atoms with van der Waals surface area (Å²) < 4.78 is 7.35. The van der Waals surface area contributed by atoms with Crippen LogP contribution in [-0.4, -0.2) is 0 Å². The number of benzene rings is 11. The number of fused-ring (bicyclic) bond motifs is 20. The Morgan fingerprint density at radius 2 is 0.761 bits per heavy atom. The Bertz CT molecular complexity index is 4520. The molecule has 1 heterocycles. The average molecular weight is 1140 g/mol. The maximum absolute atomic E-state index is 7.35. The summed E-state index contributed by atoms with van der Waals surface area (Å²) >= 11 is 0. The highest BCUT2D eigenvalue weighted by atomic mass is 16.5. The van der Waals surface area contributed by atoms with E-state index in [1.54, 1.807) is 0 Å². The maximum Gasteiger partial charge on any atom is 0.132 e. The van der Waals surface area contributed by atoms with Crippen molar-refractivity contribution in [2.24, 2.45) is 0 Å². The minimum Gasteiger partial charge on any atom is -0.457 e. The van der Waals surface area contributed by atoms with E-state index in [4.69, 9.17) is 4.74 Å². The van der Waals surface area contributed by atoms with Gasteiger partial charge in [-0.1, -0.05) is 262 Å². The summed E-state index contributed by atoms with van der Waals surface area (Å²) in [5.74, 6) is 2.96. The van der Waals surface area contributed by atoms with Crippen molar-refractivity contribution < 1.29 is 4.74 Å². The number of nitrogens with zero attached hydrogens (tertiary/aromatic N) is 1. The van der Waals surface area contributed by atoms with Gasteiger partial charge in [0.15, 0.2) is 0 Å². The topological polar surface area (TPSA) is 12.5 Å². The molecule has 17 rings (SSSR count). The lowest BCUT2D eigenvalue weighted by Crippen LogP contribution is -2.33. The van der Waals surface area contributed by atoms with Gasteiger partial charge in [-0.2, -0.15) is 0 Å². The van der Waals surface area contributed by atoms with Crippen LogP contribution in [-0.2, 0) is 21.7 Å². The summed E-state index contributed by atoms with van der Waals surface area (Å²) in [5, 5.41) is 2.46. The van der Waals surface area contributed by atoms with Crippen molar-refractivity contribution in [1.29, 1.82) is 0 Å². The highest BCUT2D eigenvalue weighted by Crippen LogP contribution is 2.67. The molecule has 0 aromatic heterocycles. The Hall–Kier alpha value is -8.72. The van der Waals surface area contributed by atoms with Gasteiger partial charge >= 0.3 is 0 Å². The van der Waals surface area contributed by atoms with E-state index in [9.17, 15) is 0 Å². The first-order valence-corrected chi connectivity index (χ1v) is 33.0. The van der Waals surface area contributed by atoms with E-state index in [2.05, 4.69) is 271 Å². The van der Waals surface area contributed by atoms with Crippen molar-refractivity contribution in [3.8, 4) is 56.0 Å². The van der Waals surface area contributed by atoms with Crippen molar-refractivity contribution in [3.63, 3.8) is 0 Å². The Kier molecular flexibility index (Phi) is 12.1. The lowest BCUT2D eigenvalue weighted by molar-refractivity contribution is 0.433. The molecule has 2 saturated carbocycles. The number of anilines is 3. The number of hydrogen-bond donors (Lipinski definition) is 0. The zero-order valence-electron chi connectivity index (χ0n) is 51.9. The molecule has 0 bridgehead atoms. The summed E-state index contributed by atoms with van der Waals surface area (Å²) in [6.07, 6.45) is 12.8. The third-order valence-corrected chi connectivity index (χ3v) is 21.9. The quantitative estimate of drug-likeness (QED) is 0.165. The van der Waals surface area contributed by atoms with E-state index in [0.29, 0.717) is 11.8 Å². The summed E-state index contributed by atoms with van der Waals surface area (Å²) in [6, 6.07) is 88.2. The van der Waals surface area contributed by atoms with E-state index in [1.165, 1.54) is 186 Å². The highest BCUT2D eigenvalue weighted by molar-refractivity contribution is 6.03. The van der Waals surface area contributed by atoms with E-state index in [0.717, 1.165) is 28.6 Å². The van der Waals surface area contributed by atoms with Crippen LogP contribution in [0.1, 0.15) is 184 Å². The van der Waals surface area contributed by atoms with Crippen molar-refractivity contribution in [2.75, 3.05) is 4.90 Å². The third kappa shape index (κ3) is 7.85. The van der Waals surface area contributed by atoms with Gasteiger partial charge in [0.1, 0.15) is 11.5 Å². The Labute approximate surface area is 520 Å². The van der Waals surface area contributed by atoms with Gasteiger partial charge in [0.25, 0.3) is 0 Å². The number of hydrogen-bond acceptors (Lipinski definition) is 2. The van der Waals surface area contributed by atoms with Gasteiger partial charge < -0.3 is 9.64 Å². The molecule has 2 fully saturated rings. The van der Waals surface area contributed by atoms with Gasteiger partial charge in [-0.15, -0.1) is 0 Å². The summed E-state index contributed by atoms with van der Waals surface area (Å²) in [4.78, 5) is 2.62. The summed E-state index contributed by atoms with van der Waals surface area (Å²) in [5.41, 5.74) is 28.6. The molecule has 1 aliphatic heterocycles. The third-order valence-electron chi connectivity index (χ3n) is 21.9. The first kappa shape index (κ1) is 53.5. The molecule has 0 atom stereocenters. The van der Waals surface area contributed by atoms with Crippen LogP contribution in [0.3, 0.4) is 0 Å². The molecule has 5 aliphatic carbocycles. The van der Waals surface area contributed by atoms with E-state index >= 15 is 0 Å². The molecule has 432 valence electrons. The van der Waals surface area contributed by atoms with Crippen LogP contribution < -0.4 is 9.64 Å². The first-order chi connectivity index (χ1) is 42.9. The van der Waals surface area contributed by atoms with Crippen molar-refractivity contribution in [1.82, 2.24) is 0 Å². The minimum atomic E-state index is -0.655. The Morgan fingerprint density at radius 3 is 1.39 bits per heavy atom. The van der Waals surface area contributed by atoms with E-state index < -0.39 is 10.8 Å². The van der Waals surface area contributed by atoms with Gasteiger partial charge in [0, 0.05) is 28.1 Å². The Balaban J connectivity index is 0.959. The van der Waals surface area contributed by atoms with Crippen molar-refractivity contribution >= 4 is 27.8 Å². The van der Waals surface area contributed by atoms with Crippen LogP contribution >= 0.6 is 0 Å². The molecule has 2 nitrogen and oxygen atoms in total. The largest absolute Gasteiger partial charge is 0.457 e. The Morgan fingerprint density at radius 1 is 0.330 bits per heavy atom. The molecule has 88 heavy (non-hydrogen) atoms. The standard InChI is InChI=1S/C86H77NO/c1-83(2,3)59-38-44-68-69-45-39-60(84(4,5)6)51-77(69)85(76(68)50-59)72-32-17-15-29-65(72)70-46-40-61(52-78(70)85)87(80-34-19-16-30-71(80)64-31-21-27-56-26-13-14-28-63(56)64)62-41-47-82-79(53-62)86(73-33-18-20-35-81(73)88-82)74-48-57(54-22-9-7-10-23-54)36-42-66(74)67-43-37-58(49-75(67)86)55-24-11-8-12-25-55/h13-21,26-55H,7-12,22-25H2,1-6H3. The van der Waals surface area contributed by atoms with Crippen LogP contribution in [0, 0.1) is 0 Å². The van der Waals surface area contributed by atoms with E-state index in [1.807, 2.05) is 0 Å². The van der Waals surface area contributed by atoms with Gasteiger partial charge in [-0.05, 0) is 196 Å². The zero-order chi connectivity index (χ0) is 59.3. The molecule has 11 aromatic rings. The van der Waals surface area contributed by atoms with Crippen LogP contribution in [0.5, 0.6) is 11.5 Å². The summed E-state index contributed by atoms with van der Waals surface area (Å²) in [7, 11) is 0. The van der Waals surface area contributed by atoms with Crippen LogP contribution in [0.4, 0.5) is 17.1 Å². The highest BCUT2D eigenvalue weighted by Gasteiger charge is 2.54. The lowest BCUT2D eigenvalue weighted by atomic mass is 9.65. The fourth-order valence-electron chi connectivity index (χ4n) is 17.5. The molecule has 0 radical (unpaired) electrons. The van der Waals surface area contributed by atoms with Crippen LogP contribution in [0.15, 0.2) is 224 Å². The predicted octanol–water partition coefficient (Wildman–Crippen LogP) is 23.5. The fourth-order valence-corrected chi connectivity index (χ4v) is 17.5. The van der Waals surface area contributed by atoms with Crippen molar-refractivity contribution in [2.45, 2.75) is 139 Å². The molecule has 6 aliphatic rings. The molecular formula is C86H77NO. The second-order valence-corrected chi connectivity index (χ2v) is 28.7. The molecule has 2 heteroatoms. The number of para-hydroxylation sites is 2. The van der Waals surface area contributed by atoms with Gasteiger partial charge in [-0.25, -0.2) is 0 Å². The number of ether oxygens (including phenoxy) is 1. The SMILES string of the molecule is CC(C)(C)c1ccc2c(c1)C1(c3ccccc3-c3ccc(N(c4ccc5c(c4)C4(c6ccccc6O5)c5cc(C6CCCCC6)ccc5-c5ccc(C6CCCCC6)cc54)c4ccccc4-c4cccc5ccccc45)cc31)c1cc(C(C)(C)C)ccc1-2. The predicted molar refractivity (Wildman–Crippen MR) is 367 cm³/mol. The molecule has 0 unspecified atom stereocenters. The smallest absolute Gasteiger partial charge is 0.132 e. The van der Waals surface area contributed by atoms with Crippen molar-refractivity contribution in [3.05, 3.63) is 291 Å². The molecular weight excluding hydrogens is 1060 g/mol. The molecule has 2 spiro atoms. The van der Waals surface area contributed by atoms with Crippen LogP contribution in [0.25, 0.3) is 55.3 Å². The minimum absolute atomic E-state index is 0.0598. The average Bonchev–Trinajstić information content (AvgIpc) is 1.50. The zero-order valence-corrected chi connectivity index (χ0v) is 51.9. The maximum atomic E-state index is 7.35. The molecule has 0 amide bonds. The number of rotatable bonds is 6. The van der Waals surface area contributed by atoms with Gasteiger partial charge in [0.2, 0.25) is 0 Å². The fraction of sp³-hybridized carbons (Fsp3) is 0.256. The first-order valence-electron chi connectivity index (χ1n) is 33.0. The molecule has 0 N–H and O–H groups in total. The second-order valence-electron chi connectivity index (χ2n) is 28.7. The lowest BCUT2D eigenvalue weighted by Gasteiger charge is -2.41.